The average Bonchev–Trinajstić information content (AvgIpc) is 2.75. The van der Waals surface area contributed by atoms with E-state index in [-0.39, 0.29) is 5.56 Å². The minimum atomic E-state index is -3.10. The number of rotatable bonds is 3. The average molecular weight is 488 g/mol. The van der Waals surface area contributed by atoms with Crippen LogP contribution in [0.2, 0.25) is 0 Å². The maximum absolute atomic E-state index is 13.7. The van der Waals surface area contributed by atoms with Crippen LogP contribution in [-0.2, 0) is 19.2 Å². The Morgan fingerprint density at radius 1 is 1.09 bits per heavy atom. The van der Waals surface area contributed by atoms with Crippen molar-refractivity contribution in [2.75, 3.05) is 14.1 Å². The van der Waals surface area contributed by atoms with Crippen LogP contribution in [0.4, 0.5) is 0 Å². The van der Waals surface area contributed by atoms with Gasteiger partial charge in [-0.3, -0.25) is 28.9 Å². The number of carboxylic acid groups (broad SMARTS) is 1. The van der Waals surface area contributed by atoms with Crippen molar-refractivity contribution >= 4 is 35.0 Å². The normalized spacial score (nSPS) is 36.5. The molecule has 0 aromatic heterocycles. The van der Waals surface area contributed by atoms with Gasteiger partial charge in [-0.25, -0.2) is 4.79 Å². The summed E-state index contributed by atoms with van der Waals surface area (Å²) in [5, 5.41) is 42.8. The Balaban J connectivity index is 1.97. The van der Waals surface area contributed by atoms with Gasteiger partial charge in [0.25, 0.3) is 0 Å². The summed E-state index contributed by atoms with van der Waals surface area (Å²) in [6.07, 6.45) is -1.75. The smallest absolute Gasteiger partial charge is 0.339 e. The number of phenols is 1. The first-order valence-corrected chi connectivity index (χ1v) is 10.8. The molecule has 8 atom stereocenters. The number of primary amides is 1. The van der Waals surface area contributed by atoms with Gasteiger partial charge in [-0.1, -0.05) is 13.0 Å². The van der Waals surface area contributed by atoms with Crippen molar-refractivity contribution in [2.24, 2.45) is 29.4 Å². The summed E-state index contributed by atoms with van der Waals surface area (Å²) in [6.45, 7) is 1.53. The fourth-order valence-electron chi connectivity index (χ4n) is 6.16. The van der Waals surface area contributed by atoms with Crippen molar-refractivity contribution in [3.05, 3.63) is 28.8 Å². The van der Waals surface area contributed by atoms with E-state index in [0.717, 1.165) is 6.07 Å². The fraction of sp³-hybridized carbons (Fsp3) is 0.478. The lowest BCUT2D eigenvalue weighted by Crippen LogP contribution is -2.77. The molecule has 2 saturated carbocycles. The number of carbonyl (C=O) groups is 6. The summed E-state index contributed by atoms with van der Waals surface area (Å²) in [5.41, 5.74) is 1.25. The first-order chi connectivity index (χ1) is 16.2. The lowest BCUT2D eigenvalue weighted by Gasteiger charge is -2.56. The lowest BCUT2D eigenvalue weighted by molar-refractivity contribution is -0.196. The number of Topliss-reactive ketones (excluding diaryl/α,β-unsaturated/α-hetero) is 4. The van der Waals surface area contributed by atoms with Crippen LogP contribution in [0, 0.1) is 23.7 Å². The number of amides is 1. The molecule has 2 fully saturated rings. The second-order valence-electron chi connectivity index (χ2n) is 9.60. The van der Waals surface area contributed by atoms with Crippen LogP contribution >= 0.6 is 0 Å². The molecule has 12 nitrogen and oxygen atoms in total. The van der Waals surface area contributed by atoms with E-state index in [2.05, 4.69) is 0 Å². The first kappa shape index (κ1) is 24.6. The Hall–Kier alpha value is -3.48. The number of likely N-dealkylation sites (N-methyl/N-ethyl adjacent to an activating group) is 1. The zero-order valence-corrected chi connectivity index (χ0v) is 19.0. The summed E-state index contributed by atoms with van der Waals surface area (Å²) in [4.78, 5) is 78.2. The van der Waals surface area contributed by atoms with Crippen molar-refractivity contribution in [3.8, 4) is 5.75 Å². The third kappa shape index (κ3) is 2.96. The molecule has 0 aliphatic heterocycles. The van der Waals surface area contributed by atoms with Crippen LogP contribution in [0.1, 0.15) is 39.1 Å². The van der Waals surface area contributed by atoms with Gasteiger partial charge in [0.15, 0.2) is 34.7 Å². The van der Waals surface area contributed by atoms with Gasteiger partial charge >= 0.3 is 5.97 Å². The molecular weight excluding hydrogens is 464 g/mol. The van der Waals surface area contributed by atoms with Crippen molar-refractivity contribution in [3.63, 3.8) is 0 Å². The second-order valence-corrected chi connectivity index (χ2v) is 9.60. The Bertz CT molecular complexity index is 1220. The standard InChI is InChI=1S/C23H24N2O10/c1-6-7-4-5-8(22(33)34)15(26)10(7)16(27)11-9(6)17(28)13-14(25(2)3)18(29)12(21(24)32)20(31)23(13,35)19(11)30/h4-6,9,11-14,17,26,28,35H,1-3H3,(H2,24,32)(H,33,34)/t6-,9?,11?,12?,13?,14-,17-,23-/m0/s1. The van der Waals surface area contributed by atoms with E-state index in [1.165, 1.54) is 32.0 Å². The summed E-state index contributed by atoms with van der Waals surface area (Å²) in [5.74, 6) is -16.5. The zero-order valence-electron chi connectivity index (χ0n) is 19.0. The quantitative estimate of drug-likeness (QED) is 0.296. The van der Waals surface area contributed by atoms with Crippen LogP contribution in [0.3, 0.4) is 0 Å². The van der Waals surface area contributed by atoms with E-state index >= 15 is 0 Å². The van der Waals surface area contributed by atoms with Crippen LogP contribution < -0.4 is 5.73 Å². The number of aromatic carboxylic acids is 1. The van der Waals surface area contributed by atoms with Crippen LogP contribution in [0.15, 0.2) is 12.1 Å². The summed E-state index contributed by atoms with van der Waals surface area (Å²) >= 11 is 0. The number of nitrogens with zero attached hydrogens (tertiary/aromatic N) is 1. The van der Waals surface area contributed by atoms with E-state index in [9.17, 15) is 49.2 Å². The number of ketones is 4. The van der Waals surface area contributed by atoms with Gasteiger partial charge in [0, 0.05) is 5.92 Å². The predicted molar refractivity (Wildman–Crippen MR) is 114 cm³/mol. The Morgan fingerprint density at radius 2 is 1.69 bits per heavy atom. The first-order valence-electron chi connectivity index (χ1n) is 10.8. The molecule has 1 amide bonds. The molecule has 3 aliphatic rings. The molecule has 6 N–H and O–H groups in total. The van der Waals surface area contributed by atoms with Crippen molar-refractivity contribution < 1.29 is 49.2 Å². The Kier molecular flexibility index (Phi) is 5.47. The maximum atomic E-state index is 13.7. The molecule has 0 spiro atoms. The largest absolute Gasteiger partial charge is 0.506 e. The molecule has 35 heavy (non-hydrogen) atoms. The number of hydrogen-bond donors (Lipinski definition) is 5. The molecule has 1 aromatic rings. The molecule has 0 radical (unpaired) electrons. The summed E-state index contributed by atoms with van der Waals surface area (Å²) in [6, 6.07) is 0.919. The molecule has 0 saturated heterocycles. The Morgan fingerprint density at radius 3 is 2.20 bits per heavy atom. The van der Waals surface area contributed by atoms with Gasteiger partial charge in [-0.2, -0.15) is 0 Å². The molecule has 1 aromatic carbocycles. The molecule has 4 rings (SSSR count). The van der Waals surface area contributed by atoms with Gasteiger partial charge in [0.05, 0.1) is 29.5 Å². The van der Waals surface area contributed by atoms with Gasteiger partial charge in [-0.05, 0) is 31.6 Å². The minimum absolute atomic E-state index is 0.168. The molecule has 3 aliphatic carbocycles. The highest BCUT2D eigenvalue weighted by Crippen LogP contribution is 2.54. The molecule has 0 heterocycles. The van der Waals surface area contributed by atoms with Crippen LogP contribution in [0.25, 0.3) is 0 Å². The lowest BCUT2D eigenvalue weighted by atomic mass is 9.49. The van der Waals surface area contributed by atoms with E-state index in [4.69, 9.17) is 5.73 Å². The number of aliphatic hydroxyl groups excluding tert-OH is 1. The van der Waals surface area contributed by atoms with Crippen molar-refractivity contribution in [1.29, 1.82) is 0 Å². The highest BCUT2D eigenvalue weighted by atomic mass is 16.4. The van der Waals surface area contributed by atoms with Crippen molar-refractivity contribution in [1.82, 2.24) is 4.90 Å². The van der Waals surface area contributed by atoms with Crippen LogP contribution in [-0.4, -0.2) is 92.2 Å². The molecule has 12 heteroatoms. The second kappa shape index (κ2) is 7.77. The van der Waals surface area contributed by atoms with Gasteiger partial charge < -0.3 is 26.2 Å². The zero-order chi connectivity index (χ0) is 26.3. The third-order valence-electron chi connectivity index (χ3n) is 7.72. The van der Waals surface area contributed by atoms with Gasteiger partial charge in [-0.15, -0.1) is 0 Å². The molecular formula is C23H24N2O10. The van der Waals surface area contributed by atoms with E-state index in [1.54, 1.807) is 0 Å². The number of hydrogen-bond acceptors (Lipinski definition) is 10. The summed E-state index contributed by atoms with van der Waals surface area (Å²) in [7, 11) is 2.80. The van der Waals surface area contributed by atoms with E-state index < -0.39 is 99.2 Å². The SMILES string of the molecule is C[C@H]1c2ccc(C(=O)O)c(O)c2C(=O)C2C(=O)[C@]3(O)C(=O)C(C(N)=O)C(=O)[C@@H](N(C)C)C3[C@@H](O)C21. The van der Waals surface area contributed by atoms with Gasteiger partial charge in [0.1, 0.15) is 11.3 Å². The van der Waals surface area contributed by atoms with Crippen molar-refractivity contribution in [2.45, 2.75) is 30.6 Å². The maximum Gasteiger partial charge on any atom is 0.339 e. The number of carboxylic acids is 1. The predicted octanol–water partition coefficient (Wildman–Crippen LogP) is -1.90. The van der Waals surface area contributed by atoms with Crippen LogP contribution in [0.5, 0.6) is 5.75 Å². The Labute approximate surface area is 198 Å². The highest BCUT2D eigenvalue weighted by Gasteiger charge is 2.72. The molecule has 0 bridgehead atoms. The van der Waals surface area contributed by atoms with E-state index in [1.807, 2.05) is 0 Å². The third-order valence-corrected chi connectivity index (χ3v) is 7.72. The topological polar surface area (TPSA) is 213 Å². The fourth-order valence-corrected chi connectivity index (χ4v) is 6.16. The highest BCUT2D eigenvalue weighted by molar-refractivity contribution is 6.32. The molecule has 186 valence electrons. The number of carbonyl (C=O) groups excluding carboxylic acids is 5. The number of aromatic hydroxyl groups is 1. The summed E-state index contributed by atoms with van der Waals surface area (Å²) < 4.78 is 0. The van der Waals surface area contributed by atoms with Gasteiger partial charge in [0.2, 0.25) is 5.91 Å². The number of nitrogens with two attached hydrogens (primary N) is 1. The molecule has 4 unspecified atom stereocenters. The number of fused-ring (bicyclic) bond motifs is 3. The van der Waals surface area contributed by atoms with E-state index in [0.29, 0.717) is 0 Å². The monoisotopic (exact) mass is 488 g/mol. The minimum Gasteiger partial charge on any atom is -0.506 e. The number of benzene rings is 1. The number of aliphatic hydroxyl groups is 2.